The number of benzene rings is 1. The molecular weight excluding hydrogens is 294 g/mol. The van der Waals surface area contributed by atoms with E-state index in [9.17, 15) is 13.2 Å². The summed E-state index contributed by atoms with van der Waals surface area (Å²) in [5.41, 5.74) is 0. The number of likely N-dealkylation sites (tertiary alicyclic amines) is 1. The van der Waals surface area contributed by atoms with Crippen molar-refractivity contribution in [2.24, 2.45) is 0 Å². The van der Waals surface area contributed by atoms with E-state index < -0.39 is 9.84 Å². The fraction of sp³-hybridized carbons (Fsp3) is 0.500. The number of methoxy groups -OCH3 is 1. The zero-order valence-corrected chi connectivity index (χ0v) is 12.5. The van der Waals surface area contributed by atoms with Crippen LogP contribution in [0.5, 0.6) is 11.5 Å². The second kappa shape index (κ2) is 5.22. The first-order chi connectivity index (χ1) is 9.99. The van der Waals surface area contributed by atoms with E-state index in [-0.39, 0.29) is 29.6 Å². The molecule has 0 saturated carbocycles. The number of amides is 1. The molecular formula is C14H17NO5S. The number of carbonyl (C=O) groups excluding carboxylic acids is 1. The summed E-state index contributed by atoms with van der Waals surface area (Å²) in [4.78, 5) is 13.8. The smallest absolute Gasteiger partial charge is 0.260 e. The van der Waals surface area contributed by atoms with Crippen molar-refractivity contribution in [3.05, 3.63) is 24.3 Å². The minimum absolute atomic E-state index is 0.0738. The second-order valence-corrected chi connectivity index (χ2v) is 7.68. The Balaban J connectivity index is 1.56. The molecule has 114 valence electrons. The third kappa shape index (κ3) is 2.70. The molecule has 21 heavy (non-hydrogen) atoms. The molecule has 2 unspecified atom stereocenters. The molecule has 0 spiro atoms. The van der Waals surface area contributed by atoms with Crippen LogP contribution in [0.25, 0.3) is 0 Å². The van der Waals surface area contributed by atoms with Gasteiger partial charge in [-0.25, -0.2) is 8.42 Å². The van der Waals surface area contributed by atoms with E-state index in [4.69, 9.17) is 9.47 Å². The highest BCUT2D eigenvalue weighted by Crippen LogP contribution is 2.32. The SMILES string of the molecule is COc1ccc(OCC(=O)N2CC3CC2CS3(=O)=O)cc1. The van der Waals surface area contributed by atoms with Gasteiger partial charge in [-0.1, -0.05) is 0 Å². The summed E-state index contributed by atoms with van der Waals surface area (Å²) in [6.45, 7) is 0.230. The van der Waals surface area contributed by atoms with Gasteiger partial charge in [0.05, 0.1) is 18.1 Å². The minimum atomic E-state index is -2.98. The molecule has 2 atom stereocenters. The van der Waals surface area contributed by atoms with Gasteiger partial charge in [-0.3, -0.25) is 4.79 Å². The van der Waals surface area contributed by atoms with Gasteiger partial charge in [0.2, 0.25) is 0 Å². The molecule has 7 heteroatoms. The van der Waals surface area contributed by atoms with Crippen LogP contribution in [-0.4, -0.2) is 56.5 Å². The van der Waals surface area contributed by atoms with E-state index in [0.717, 1.165) is 5.75 Å². The largest absolute Gasteiger partial charge is 0.497 e. The van der Waals surface area contributed by atoms with Crippen molar-refractivity contribution in [3.8, 4) is 11.5 Å². The number of hydrogen-bond donors (Lipinski definition) is 0. The summed E-state index contributed by atoms with van der Waals surface area (Å²) in [7, 11) is -1.40. The van der Waals surface area contributed by atoms with Gasteiger partial charge < -0.3 is 14.4 Å². The predicted octanol–water partition coefficient (Wildman–Crippen LogP) is 0.472. The van der Waals surface area contributed by atoms with E-state index >= 15 is 0 Å². The Kier molecular flexibility index (Phi) is 3.52. The van der Waals surface area contributed by atoms with Crippen molar-refractivity contribution in [1.82, 2.24) is 4.90 Å². The molecule has 0 N–H and O–H groups in total. The van der Waals surface area contributed by atoms with E-state index in [1.165, 1.54) is 0 Å². The first kappa shape index (κ1) is 14.2. The fourth-order valence-electron chi connectivity index (χ4n) is 2.90. The molecule has 3 rings (SSSR count). The Morgan fingerprint density at radius 2 is 1.95 bits per heavy atom. The van der Waals surface area contributed by atoms with Crippen LogP contribution in [0.3, 0.4) is 0 Å². The Bertz CT molecular complexity index is 640. The molecule has 2 aliphatic heterocycles. The van der Waals surface area contributed by atoms with Crippen molar-refractivity contribution in [1.29, 1.82) is 0 Å². The molecule has 2 aliphatic rings. The zero-order chi connectivity index (χ0) is 15.0. The van der Waals surface area contributed by atoms with Crippen molar-refractivity contribution in [3.63, 3.8) is 0 Å². The maximum Gasteiger partial charge on any atom is 0.260 e. The van der Waals surface area contributed by atoms with E-state index in [0.29, 0.717) is 18.7 Å². The lowest BCUT2D eigenvalue weighted by molar-refractivity contribution is -0.133. The van der Waals surface area contributed by atoms with Crippen LogP contribution in [0.15, 0.2) is 24.3 Å². The Morgan fingerprint density at radius 1 is 1.29 bits per heavy atom. The minimum Gasteiger partial charge on any atom is -0.497 e. The lowest BCUT2D eigenvalue weighted by atomic mass is 10.2. The molecule has 0 radical (unpaired) electrons. The average Bonchev–Trinajstić information content (AvgIpc) is 3.01. The summed E-state index contributed by atoms with van der Waals surface area (Å²) < 4.78 is 33.8. The van der Waals surface area contributed by atoms with E-state index in [2.05, 4.69) is 0 Å². The molecule has 1 aromatic rings. The van der Waals surface area contributed by atoms with Gasteiger partial charge >= 0.3 is 0 Å². The van der Waals surface area contributed by atoms with Gasteiger partial charge in [-0.15, -0.1) is 0 Å². The van der Waals surface area contributed by atoms with Crippen molar-refractivity contribution in [2.45, 2.75) is 17.7 Å². The topological polar surface area (TPSA) is 72.9 Å². The number of nitrogens with zero attached hydrogens (tertiary/aromatic N) is 1. The van der Waals surface area contributed by atoms with Crippen LogP contribution < -0.4 is 9.47 Å². The number of fused-ring (bicyclic) bond motifs is 2. The first-order valence-corrected chi connectivity index (χ1v) is 8.49. The van der Waals surface area contributed by atoms with Gasteiger partial charge in [0.1, 0.15) is 11.5 Å². The van der Waals surface area contributed by atoms with Crippen molar-refractivity contribution in [2.75, 3.05) is 26.0 Å². The van der Waals surface area contributed by atoms with E-state index in [1.807, 2.05) is 0 Å². The van der Waals surface area contributed by atoms with Gasteiger partial charge in [0, 0.05) is 12.6 Å². The van der Waals surface area contributed by atoms with Crippen LogP contribution >= 0.6 is 0 Å². The summed E-state index contributed by atoms with van der Waals surface area (Å²) in [5, 5.41) is -0.382. The molecule has 0 aliphatic carbocycles. The molecule has 2 saturated heterocycles. The van der Waals surface area contributed by atoms with Crippen LogP contribution in [0.2, 0.25) is 0 Å². The summed E-state index contributed by atoms with van der Waals surface area (Å²) in [6, 6.07) is 6.79. The average molecular weight is 311 g/mol. The lowest BCUT2D eigenvalue weighted by Crippen LogP contribution is -2.45. The second-order valence-electron chi connectivity index (χ2n) is 5.35. The molecule has 1 amide bonds. The number of sulfone groups is 1. The van der Waals surface area contributed by atoms with Crippen LogP contribution in [0.1, 0.15) is 6.42 Å². The van der Waals surface area contributed by atoms with Gasteiger partial charge in [0.15, 0.2) is 16.4 Å². The highest BCUT2D eigenvalue weighted by atomic mass is 32.2. The van der Waals surface area contributed by atoms with Gasteiger partial charge in [-0.05, 0) is 30.7 Å². The zero-order valence-electron chi connectivity index (χ0n) is 11.7. The molecule has 2 fully saturated rings. The predicted molar refractivity (Wildman–Crippen MR) is 76.2 cm³/mol. The first-order valence-electron chi connectivity index (χ1n) is 6.77. The Morgan fingerprint density at radius 3 is 2.48 bits per heavy atom. The molecule has 0 aromatic heterocycles. The maximum atomic E-state index is 12.1. The molecule has 2 bridgehead atoms. The molecule has 1 aromatic carbocycles. The lowest BCUT2D eigenvalue weighted by Gasteiger charge is -2.26. The summed E-state index contributed by atoms with van der Waals surface area (Å²) in [6.07, 6.45) is 0.566. The fourth-order valence-corrected chi connectivity index (χ4v) is 4.93. The number of rotatable bonds is 4. The number of ether oxygens (including phenoxy) is 2. The van der Waals surface area contributed by atoms with Crippen LogP contribution in [0.4, 0.5) is 0 Å². The standard InChI is InChI=1S/C14H17NO5S/c1-19-11-2-4-12(5-3-11)20-8-14(16)15-7-13-6-10(15)9-21(13,17)18/h2-5,10,13H,6-9H2,1H3. The van der Waals surface area contributed by atoms with Crippen LogP contribution in [-0.2, 0) is 14.6 Å². The maximum absolute atomic E-state index is 12.1. The van der Waals surface area contributed by atoms with Gasteiger partial charge in [-0.2, -0.15) is 0 Å². The monoisotopic (exact) mass is 311 g/mol. The Hall–Kier alpha value is -1.76. The number of hydrogen-bond acceptors (Lipinski definition) is 5. The summed E-state index contributed by atoms with van der Waals surface area (Å²) in [5.74, 6) is 1.23. The molecule has 6 nitrogen and oxygen atoms in total. The summed E-state index contributed by atoms with van der Waals surface area (Å²) >= 11 is 0. The third-order valence-corrected chi connectivity index (χ3v) is 6.26. The highest BCUT2D eigenvalue weighted by molar-refractivity contribution is 7.92. The Labute approximate surface area is 123 Å². The quantitative estimate of drug-likeness (QED) is 0.808. The van der Waals surface area contributed by atoms with Gasteiger partial charge in [0.25, 0.3) is 5.91 Å². The highest BCUT2D eigenvalue weighted by Gasteiger charge is 2.49. The van der Waals surface area contributed by atoms with Crippen LogP contribution in [0, 0.1) is 0 Å². The third-order valence-electron chi connectivity index (χ3n) is 4.05. The number of carbonyl (C=O) groups is 1. The van der Waals surface area contributed by atoms with Crippen molar-refractivity contribution < 1.29 is 22.7 Å². The van der Waals surface area contributed by atoms with Crippen molar-refractivity contribution >= 4 is 15.7 Å². The normalized spacial score (nSPS) is 25.9. The van der Waals surface area contributed by atoms with E-state index in [1.54, 1.807) is 36.3 Å². The molecule has 2 heterocycles.